The lowest BCUT2D eigenvalue weighted by Crippen LogP contribution is -2.50. The third kappa shape index (κ3) is 6.62. The second-order valence-corrected chi connectivity index (χ2v) is 8.87. The molecule has 1 saturated carbocycles. The Morgan fingerprint density at radius 2 is 1.90 bits per heavy atom. The van der Waals surface area contributed by atoms with Gasteiger partial charge in [-0.3, -0.25) is 9.59 Å². The highest BCUT2D eigenvalue weighted by Gasteiger charge is 2.29. The summed E-state index contributed by atoms with van der Waals surface area (Å²) in [6.45, 7) is 3.71. The first kappa shape index (κ1) is 23.4. The summed E-state index contributed by atoms with van der Waals surface area (Å²) >= 11 is 12.3. The van der Waals surface area contributed by atoms with Gasteiger partial charge in [0, 0.05) is 22.6 Å². The molecule has 0 bridgehead atoms. The zero-order valence-electron chi connectivity index (χ0n) is 17.9. The van der Waals surface area contributed by atoms with Crippen LogP contribution in [0.2, 0.25) is 10.0 Å². The SMILES string of the molecule is Cc1cccc(OCC(=O)N(Cc2ccc(Cl)cc2Cl)C(C)C(=O)NC2CCCC2)c1. The lowest BCUT2D eigenvalue weighted by atomic mass is 10.1. The van der Waals surface area contributed by atoms with Crippen LogP contribution in [0, 0.1) is 6.92 Å². The van der Waals surface area contributed by atoms with Crippen molar-refractivity contribution in [2.75, 3.05) is 6.61 Å². The maximum absolute atomic E-state index is 13.1. The first-order valence-corrected chi connectivity index (χ1v) is 11.3. The summed E-state index contributed by atoms with van der Waals surface area (Å²) in [4.78, 5) is 27.5. The van der Waals surface area contributed by atoms with Crippen LogP contribution in [0.1, 0.15) is 43.7 Å². The molecule has 3 rings (SSSR count). The molecule has 2 aromatic carbocycles. The van der Waals surface area contributed by atoms with E-state index >= 15 is 0 Å². The number of nitrogens with one attached hydrogen (secondary N) is 1. The van der Waals surface area contributed by atoms with Gasteiger partial charge in [0.25, 0.3) is 5.91 Å². The van der Waals surface area contributed by atoms with E-state index in [0.29, 0.717) is 15.8 Å². The first-order chi connectivity index (χ1) is 14.8. The second kappa shape index (κ2) is 10.9. The van der Waals surface area contributed by atoms with Crippen LogP contribution < -0.4 is 10.1 Å². The Kier molecular flexibility index (Phi) is 8.22. The zero-order valence-corrected chi connectivity index (χ0v) is 19.4. The Labute approximate surface area is 193 Å². The van der Waals surface area contributed by atoms with Gasteiger partial charge in [-0.2, -0.15) is 0 Å². The Balaban J connectivity index is 1.74. The Bertz CT molecular complexity index is 929. The fourth-order valence-corrected chi connectivity index (χ4v) is 4.21. The van der Waals surface area contributed by atoms with Crippen LogP contribution >= 0.6 is 23.2 Å². The first-order valence-electron chi connectivity index (χ1n) is 10.6. The summed E-state index contributed by atoms with van der Waals surface area (Å²) < 4.78 is 5.70. The monoisotopic (exact) mass is 462 g/mol. The molecule has 1 aliphatic carbocycles. The maximum atomic E-state index is 13.1. The number of benzene rings is 2. The Hall–Kier alpha value is -2.24. The molecule has 0 aromatic heterocycles. The van der Waals surface area contributed by atoms with Crippen LogP contribution in [0.15, 0.2) is 42.5 Å². The van der Waals surface area contributed by atoms with Gasteiger partial charge in [0.15, 0.2) is 6.61 Å². The van der Waals surface area contributed by atoms with Crippen molar-refractivity contribution in [3.63, 3.8) is 0 Å². The highest BCUT2D eigenvalue weighted by Crippen LogP contribution is 2.24. The molecule has 0 radical (unpaired) electrons. The van der Waals surface area contributed by atoms with Crippen molar-refractivity contribution >= 4 is 35.0 Å². The molecular weight excluding hydrogens is 435 g/mol. The van der Waals surface area contributed by atoms with Gasteiger partial charge in [-0.05, 0) is 62.1 Å². The van der Waals surface area contributed by atoms with Crippen LogP contribution in [0.3, 0.4) is 0 Å². The fraction of sp³-hybridized carbons (Fsp3) is 0.417. The molecule has 0 saturated heterocycles. The summed E-state index contributed by atoms with van der Waals surface area (Å²) in [6, 6.07) is 12.1. The topological polar surface area (TPSA) is 58.6 Å². The van der Waals surface area contributed by atoms with E-state index in [2.05, 4.69) is 5.32 Å². The second-order valence-electron chi connectivity index (χ2n) is 8.03. The molecule has 0 heterocycles. The van der Waals surface area contributed by atoms with E-state index in [9.17, 15) is 9.59 Å². The number of amides is 2. The predicted octanol–water partition coefficient (Wildman–Crippen LogP) is 5.16. The summed E-state index contributed by atoms with van der Waals surface area (Å²) in [7, 11) is 0. The largest absolute Gasteiger partial charge is 0.484 e. The zero-order chi connectivity index (χ0) is 22.4. The van der Waals surface area contributed by atoms with E-state index in [1.165, 1.54) is 4.90 Å². The average molecular weight is 463 g/mol. The Morgan fingerprint density at radius 3 is 2.58 bits per heavy atom. The lowest BCUT2D eigenvalue weighted by molar-refractivity contribution is -0.142. The molecule has 1 unspecified atom stereocenters. The normalized spacial score (nSPS) is 14.8. The number of ether oxygens (including phenoxy) is 1. The summed E-state index contributed by atoms with van der Waals surface area (Å²) in [5.41, 5.74) is 1.76. The number of hydrogen-bond acceptors (Lipinski definition) is 3. The predicted molar refractivity (Wildman–Crippen MR) is 124 cm³/mol. The minimum absolute atomic E-state index is 0.166. The molecule has 1 N–H and O–H groups in total. The molecule has 1 aliphatic rings. The molecule has 2 aromatic rings. The highest BCUT2D eigenvalue weighted by molar-refractivity contribution is 6.35. The van der Waals surface area contributed by atoms with Gasteiger partial charge in [0.05, 0.1) is 0 Å². The van der Waals surface area contributed by atoms with Gasteiger partial charge in [0.1, 0.15) is 11.8 Å². The third-order valence-electron chi connectivity index (χ3n) is 5.58. The summed E-state index contributed by atoms with van der Waals surface area (Å²) in [5, 5.41) is 4.04. The van der Waals surface area contributed by atoms with Gasteiger partial charge in [-0.15, -0.1) is 0 Å². The van der Waals surface area contributed by atoms with Crippen LogP contribution in [0.5, 0.6) is 5.75 Å². The minimum atomic E-state index is -0.666. The third-order valence-corrected chi connectivity index (χ3v) is 6.16. The Morgan fingerprint density at radius 1 is 1.16 bits per heavy atom. The summed E-state index contributed by atoms with van der Waals surface area (Å²) in [5.74, 6) is 0.156. The molecule has 31 heavy (non-hydrogen) atoms. The molecule has 0 aliphatic heterocycles. The van der Waals surface area contributed by atoms with E-state index in [1.54, 1.807) is 31.2 Å². The van der Waals surface area contributed by atoms with Crippen molar-refractivity contribution in [3.05, 3.63) is 63.6 Å². The number of carbonyl (C=O) groups is 2. The van der Waals surface area contributed by atoms with E-state index in [1.807, 2.05) is 25.1 Å². The van der Waals surface area contributed by atoms with Gasteiger partial charge in [-0.1, -0.05) is 54.2 Å². The number of halogens is 2. The highest BCUT2D eigenvalue weighted by atomic mass is 35.5. The van der Waals surface area contributed by atoms with E-state index in [-0.39, 0.29) is 31.0 Å². The smallest absolute Gasteiger partial charge is 0.261 e. The number of hydrogen-bond donors (Lipinski definition) is 1. The van der Waals surface area contributed by atoms with Crippen LogP contribution in [-0.2, 0) is 16.1 Å². The van der Waals surface area contributed by atoms with Crippen LogP contribution in [0.4, 0.5) is 0 Å². The molecule has 7 heteroatoms. The van der Waals surface area contributed by atoms with Crippen molar-refractivity contribution in [2.45, 2.75) is 58.2 Å². The number of nitrogens with zero attached hydrogens (tertiary/aromatic N) is 1. The molecular formula is C24H28Cl2N2O3. The number of rotatable bonds is 8. The van der Waals surface area contributed by atoms with Gasteiger partial charge in [0.2, 0.25) is 5.91 Å². The van der Waals surface area contributed by atoms with Crippen molar-refractivity contribution in [1.82, 2.24) is 10.2 Å². The standard InChI is InChI=1S/C24H28Cl2N2O3/c1-16-6-5-9-21(12-16)31-15-23(29)28(14-18-10-11-19(25)13-22(18)26)17(2)24(30)27-20-7-3-4-8-20/h5-6,9-13,17,20H,3-4,7-8,14-15H2,1-2H3,(H,27,30). The van der Waals surface area contributed by atoms with Crippen molar-refractivity contribution in [3.8, 4) is 5.75 Å². The molecule has 5 nitrogen and oxygen atoms in total. The van der Waals surface area contributed by atoms with Crippen LogP contribution in [0.25, 0.3) is 0 Å². The fourth-order valence-electron chi connectivity index (χ4n) is 3.74. The van der Waals surface area contributed by atoms with E-state index in [0.717, 1.165) is 36.8 Å². The van der Waals surface area contributed by atoms with Gasteiger partial charge < -0.3 is 15.0 Å². The molecule has 0 spiro atoms. The average Bonchev–Trinajstić information content (AvgIpc) is 3.24. The lowest BCUT2D eigenvalue weighted by Gasteiger charge is -2.30. The number of aryl methyl sites for hydroxylation is 1. The molecule has 2 amide bonds. The van der Waals surface area contributed by atoms with Crippen LogP contribution in [-0.4, -0.2) is 35.4 Å². The van der Waals surface area contributed by atoms with Crippen molar-refractivity contribution in [1.29, 1.82) is 0 Å². The minimum Gasteiger partial charge on any atom is -0.484 e. The number of carbonyl (C=O) groups excluding carboxylic acids is 2. The van der Waals surface area contributed by atoms with E-state index < -0.39 is 6.04 Å². The molecule has 1 atom stereocenters. The van der Waals surface area contributed by atoms with E-state index in [4.69, 9.17) is 27.9 Å². The summed E-state index contributed by atoms with van der Waals surface area (Å²) in [6.07, 6.45) is 4.19. The van der Waals surface area contributed by atoms with Gasteiger partial charge >= 0.3 is 0 Å². The quantitative estimate of drug-likeness (QED) is 0.589. The maximum Gasteiger partial charge on any atom is 0.261 e. The van der Waals surface area contributed by atoms with Crippen molar-refractivity contribution in [2.24, 2.45) is 0 Å². The van der Waals surface area contributed by atoms with Gasteiger partial charge in [-0.25, -0.2) is 0 Å². The molecule has 1 fully saturated rings. The molecule has 166 valence electrons. The van der Waals surface area contributed by atoms with Crippen molar-refractivity contribution < 1.29 is 14.3 Å².